The Morgan fingerprint density at radius 2 is 2.36 bits per heavy atom. The molecule has 0 atom stereocenters. The number of aryl methyl sites for hydroxylation is 2. The summed E-state index contributed by atoms with van der Waals surface area (Å²) in [6.07, 6.45) is 2.27. The number of hydrogen-bond acceptors (Lipinski definition) is 3. The van der Waals surface area contributed by atoms with Gasteiger partial charge in [-0.3, -0.25) is 0 Å². The Morgan fingerprint density at radius 1 is 1.50 bits per heavy atom. The van der Waals surface area contributed by atoms with Crippen molar-refractivity contribution in [2.75, 3.05) is 0 Å². The van der Waals surface area contributed by atoms with Crippen LogP contribution in [0.4, 0.5) is 0 Å². The lowest BCUT2D eigenvalue weighted by Crippen LogP contribution is -1.90. The predicted octanol–water partition coefficient (Wildman–Crippen LogP) is 1.10. The molecule has 4 nitrogen and oxygen atoms in total. The molecule has 0 aliphatic heterocycles. The van der Waals surface area contributed by atoms with Gasteiger partial charge in [-0.2, -0.15) is 0 Å². The quantitative estimate of drug-likeness (QED) is 0.679. The number of rotatable bonds is 3. The second kappa shape index (κ2) is 3.57. The van der Waals surface area contributed by atoms with E-state index >= 15 is 0 Å². The van der Waals surface area contributed by atoms with Gasteiger partial charge in [0.25, 0.3) is 0 Å². The van der Waals surface area contributed by atoms with Crippen molar-refractivity contribution in [3.05, 3.63) is 23.8 Å². The predicted molar refractivity (Wildman–Crippen MR) is 52.9 cm³/mol. The monoisotopic (exact) mass is 189 g/mol. The zero-order chi connectivity index (χ0) is 9.97. The van der Waals surface area contributed by atoms with E-state index in [0.29, 0.717) is 6.42 Å². The molecule has 0 saturated carbocycles. The van der Waals surface area contributed by atoms with Crippen LogP contribution < -0.4 is 0 Å². The van der Waals surface area contributed by atoms with Crippen LogP contribution in [-0.4, -0.2) is 21.3 Å². The third-order valence-corrected chi connectivity index (χ3v) is 2.23. The molecule has 0 unspecified atom stereocenters. The van der Waals surface area contributed by atoms with Crippen LogP contribution in [0.5, 0.6) is 0 Å². The van der Waals surface area contributed by atoms with Crippen molar-refractivity contribution in [1.29, 1.82) is 0 Å². The van der Waals surface area contributed by atoms with Gasteiger partial charge in [-0.25, -0.2) is 4.68 Å². The van der Waals surface area contributed by atoms with Gasteiger partial charge in [0.1, 0.15) is 11.8 Å². The fraction of sp³-hybridized carbons (Fsp3) is 0.300. The maximum atomic E-state index is 10.2. The highest BCUT2D eigenvalue weighted by molar-refractivity contribution is 5.75. The van der Waals surface area contributed by atoms with Gasteiger partial charge in [0.05, 0.1) is 5.52 Å². The zero-order valence-electron chi connectivity index (χ0n) is 7.97. The standard InChI is InChI=1S/C10H11N3O/c1-13-10-5-4-8(3-2-6-14)7-9(10)11-12-13/h4-7H,2-3H2,1H3. The highest BCUT2D eigenvalue weighted by Crippen LogP contribution is 2.13. The summed E-state index contributed by atoms with van der Waals surface area (Å²) in [4.78, 5) is 10.2. The number of aromatic nitrogens is 3. The molecule has 0 N–H and O–H groups in total. The largest absolute Gasteiger partial charge is 0.303 e. The van der Waals surface area contributed by atoms with Crippen molar-refractivity contribution in [2.45, 2.75) is 12.8 Å². The van der Waals surface area contributed by atoms with Crippen molar-refractivity contribution in [1.82, 2.24) is 15.0 Å². The third kappa shape index (κ3) is 1.51. The minimum atomic E-state index is 0.561. The summed E-state index contributed by atoms with van der Waals surface area (Å²) in [5.41, 5.74) is 3.03. The van der Waals surface area contributed by atoms with Crippen LogP contribution in [0.25, 0.3) is 11.0 Å². The smallest absolute Gasteiger partial charge is 0.120 e. The summed E-state index contributed by atoms with van der Waals surface area (Å²) >= 11 is 0. The lowest BCUT2D eigenvalue weighted by Gasteiger charge is -1.97. The van der Waals surface area contributed by atoms with Crippen LogP contribution in [0.1, 0.15) is 12.0 Å². The van der Waals surface area contributed by atoms with Crippen molar-refractivity contribution < 1.29 is 4.79 Å². The third-order valence-electron chi connectivity index (χ3n) is 2.23. The molecule has 0 amide bonds. The number of fused-ring (bicyclic) bond motifs is 1. The molecule has 0 radical (unpaired) electrons. The average molecular weight is 189 g/mol. The number of carbonyl (C=O) groups is 1. The second-order valence-corrected chi connectivity index (χ2v) is 3.24. The van der Waals surface area contributed by atoms with E-state index in [1.54, 1.807) is 4.68 Å². The molecule has 1 aromatic heterocycles. The van der Waals surface area contributed by atoms with E-state index < -0.39 is 0 Å². The van der Waals surface area contributed by atoms with Crippen LogP contribution in [0, 0.1) is 0 Å². The normalized spacial score (nSPS) is 10.6. The lowest BCUT2D eigenvalue weighted by molar-refractivity contribution is -0.107. The van der Waals surface area contributed by atoms with Gasteiger partial charge in [0.2, 0.25) is 0 Å². The number of benzene rings is 1. The zero-order valence-corrected chi connectivity index (χ0v) is 7.97. The summed E-state index contributed by atoms with van der Waals surface area (Å²) in [6.45, 7) is 0. The SMILES string of the molecule is Cn1nnc2cc(CCC=O)ccc21. The topological polar surface area (TPSA) is 47.8 Å². The van der Waals surface area contributed by atoms with E-state index in [-0.39, 0.29) is 0 Å². The second-order valence-electron chi connectivity index (χ2n) is 3.24. The summed E-state index contributed by atoms with van der Waals surface area (Å²) < 4.78 is 1.73. The minimum absolute atomic E-state index is 0.561. The number of aldehydes is 1. The first-order valence-electron chi connectivity index (χ1n) is 4.53. The van der Waals surface area contributed by atoms with Gasteiger partial charge < -0.3 is 4.79 Å². The number of carbonyl (C=O) groups excluding carboxylic acids is 1. The summed E-state index contributed by atoms with van der Waals surface area (Å²) in [6, 6.07) is 5.97. The van der Waals surface area contributed by atoms with Crippen molar-refractivity contribution in [3.8, 4) is 0 Å². The molecule has 1 heterocycles. The number of hydrogen-bond donors (Lipinski definition) is 0. The average Bonchev–Trinajstić information content (AvgIpc) is 2.57. The molecule has 1 aromatic carbocycles. The van der Waals surface area contributed by atoms with Crippen molar-refractivity contribution in [3.63, 3.8) is 0 Å². The summed E-state index contributed by atoms with van der Waals surface area (Å²) in [5, 5.41) is 7.93. The maximum absolute atomic E-state index is 10.2. The van der Waals surface area contributed by atoms with Gasteiger partial charge in [-0.05, 0) is 24.1 Å². The van der Waals surface area contributed by atoms with Gasteiger partial charge in [0.15, 0.2) is 0 Å². The highest BCUT2D eigenvalue weighted by Gasteiger charge is 2.01. The highest BCUT2D eigenvalue weighted by atomic mass is 16.1. The van der Waals surface area contributed by atoms with Gasteiger partial charge >= 0.3 is 0 Å². The molecule has 0 aliphatic carbocycles. The van der Waals surface area contributed by atoms with Crippen LogP contribution in [0.15, 0.2) is 18.2 Å². The fourth-order valence-electron chi connectivity index (χ4n) is 1.47. The van der Waals surface area contributed by atoms with E-state index in [2.05, 4.69) is 10.3 Å². The van der Waals surface area contributed by atoms with E-state index in [9.17, 15) is 4.79 Å². The van der Waals surface area contributed by atoms with Crippen LogP contribution >= 0.6 is 0 Å². The molecule has 4 heteroatoms. The van der Waals surface area contributed by atoms with E-state index in [1.165, 1.54) is 0 Å². The van der Waals surface area contributed by atoms with Gasteiger partial charge in [-0.15, -0.1) is 5.10 Å². The molecule has 72 valence electrons. The van der Waals surface area contributed by atoms with Crippen molar-refractivity contribution in [2.24, 2.45) is 7.05 Å². The Labute approximate surface area is 81.5 Å². The van der Waals surface area contributed by atoms with E-state index in [1.807, 2.05) is 25.2 Å². The Bertz CT molecular complexity index is 461. The van der Waals surface area contributed by atoms with Gasteiger partial charge in [-0.1, -0.05) is 11.3 Å². The molecular weight excluding hydrogens is 178 g/mol. The molecule has 0 saturated heterocycles. The molecule has 2 aromatic rings. The van der Waals surface area contributed by atoms with Crippen LogP contribution in [0.3, 0.4) is 0 Å². The van der Waals surface area contributed by atoms with E-state index in [0.717, 1.165) is 29.3 Å². The first-order valence-corrected chi connectivity index (χ1v) is 4.53. The fourth-order valence-corrected chi connectivity index (χ4v) is 1.47. The Kier molecular flexibility index (Phi) is 2.26. The Hall–Kier alpha value is -1.71. The molecule has 0 fully saturated rings. The minimum Gasteiger partial charge on any atom is -0.303 e. The van der Waals surface area contributed by atoms with Crippen LogP contribution in [0.2, 0.25) is 0 Å². The van der Waals surface area contributed by atoms with Crippen molar-refractivity contribution >= 4 is 17.3 Å². The Balaban J connectivity index is 2.36. The summed E-state index contributed by atoms with van der Waals surface area (Å²) in [7, 11) is 1.86. The summed E-state index contributed by atoms with van der Waals surface area (Å²) in [5.74, 6) is 0. The lowest BCUT2D eigenvalue weighted by atomic mass is 10.1. The first kappa shape index (κ1) is 8.87. The van der Waals surface area contributed by atoms with E-state index in [4.69, 9.17) is 0 Å². The molecule has 2 rings (SSSR count). The molecule has 0 spiro atoms. The molecule has 0 bridgehead atoms. The first-order chi connectivity index (χ1) is 6.81. The van der Waals surface area contributed by atoms with Gasteiger partial charge in [0, 0.05) is 13.5 Å². The molecule has 14 heavy (non-hydrogen) atoms. The number of nitrogens with zero attached hydrogens (tertiary/aromatic N) is 3. The maximum Gasteiger partial charge on any atom is 0.120 e. The Morgan fingerprint density at radius 3 is 3.14 bits per heavy atom. The van der Waals surface area contributed by atoms with Crippen LogP contribution in [-0.2, 0) is 18.3 Å². The molecular formula is C10H11N3O. The molecule has 0 aliphatic rings.